The van der Waals surface area contributed by atoms with Crippen LogP contribution in [0.15, 0.2) is 36.5 Å². The Bertz CT molecular complexity index is 1490. The molecule has 0 rings (SSSR count). The van der Waals surface area contributed by atoms with Crippen LogP contribution in [0.25, 0.3) is 0 Å². The third kappa shape index (κ3) is 71.2. The minimum absolute atomic E-state index is 0.0564. The van der Waals surface area contributed by atoms with Gasteiger partial charge in [-0.3, -0.25) is 18.6 Å². The monoisotopic (exact) mass is 1220 g/mol. The standard InChI is InChI=1S/C75H144NO8P/c1-3-5-7-9-11-13-15-17-19-21-23-25-27-29-31-32-33-34-35-36-37-38-39-40-42-44-46-48-50-52-54-56-58-60-62-64-66-68-75(78)84-73(72-83-85(79,80)82-70-69-76)71-81-74(77)67-65-63-61-59-57-55-53-51-49-47-45-43-41-30-28-26-24-22-20-18-16-14-12-10-8-6-4-2/h15,17,21-24,73H,3-14,16,18-20,25-72,76H2,1-2H3,(H,79,80)/b17-15-,23-21-,24-22-. The molecule has 0 aromatic carbocycles. The zero-order valence-electron chi connectivity index (χ0n) is 56.6. The van der Waals surface area contributed by atoms with E-state index in [1.165, 1.54) is 327 Å². The maximum absolute atomic E-state index is 12.8. The molecule has 0 aliphatic carbocycles. The highest BCUT2D eigenvalue weighted by atomic mass is 31.2. The first-order chi connectivity index (χ1) is 41.8. The number of allylic oxidation sites excluding steroid dienone is 6. The Labute approximate surface area is 528 Å². The number of hydrogen-bond donors (Lipinski definition) is 2. The van der Waals surface area contributed by atoms with E-state index >= 15 is 0 Å². The molecule has 0 radical (unpaired) electrons. The number of esters is 2. The molecule has 0 fully saturated rings. The second-order valence-corrected chi connectivity index (χ2v) is 27.0. The molecule has 10 heteroatoms. The topological polar surface area (TPSA) is 134 Å². The number of ether oxygens (including phenoxy) is 2. The van der Waals surface area contributed by atoms with Crippen molar-refractivity contribution in [1.82, 2.24) is 0 Å². The summed E-state index contributed by atoms with van der Waals surface area (Å²) < 4.78 is 33.2. The van der Waals surface area contributed by atoms with Gasteiger partial charge < -0.3 is 20.1 Å². The normalized spacial score (nSPS) is 13.0. The summed E-state index contributed by atoms with van der Waals surface area (Å²) >= 11 is 0. The summed E-state index contributed by atoms with van der Waals surface area (Å²) in [6.45, 7) is 3.81. The molecule has 0 saturated carbocycles. The number of nitrogens with two attached hydrogens (primary N) is 1. The molecule has 0 amide bonds. The van der Waals surface area contributed by atoms with Gasteiger partial charge in [-0.25, -0.2) is 4.57 Å². The van der Waals surface area contributed by atoms with E-state index in [0.29, 0.717) is 6.42 Å². The first kappa shape index (κ1) is 83.2. The molecule has 0 aliphatic heterocycles. The number of carbonyl (C=O) groups is 2. The predicted octanol–water partition coefficient (Wildman–Crippen LogP) is 24.6. The van der Waals surface area contributed by atoms with Crippen molar-refractivity contribution in [3.8, 4) is 0 Å². The van der Waals surface area contributed by atoms with Crippen LogP contribution in [0.2, 0.25) is 0 Å². The van der Waals surface area contributed by atoms with Gasteiger partial charge in [-0.15, -0.1) is 0 Å². The molecule has 0 bridgehead atoms. The van der Waals surface area contributed by atoms with E-state index in [1.54, 1.807) is 0 Å². The molecule has 3 N–H and O–H groups in total. The maximum Gasteiger partial charge on any atom is 0.472 e. The Morgan fingerprint density at radius 3 is 0.906 bits per heavy atom. The molecule has 502 valence electrons. The lowest BCUT2D eigenvalue weighted by Crippen LogP contribution is -2.29. The van der Waals surface area contributed by atoms with Gasteiger partial charge >= 0.3 is 19.8 Å². The first-order valence-corrected chi connectivity index (χ1v) is 39.0. The highest BCUT2D eigenvalue weighted by Gasteiger charge is 2.26. The maximum atomic E-state index is 12.8. The highest BCUT2D eigenvalue weighted by molar-refractivity contribution is 7.47. The van der Waals surface area contributed by atoms with E-state index in [4.69, 9.17) is 24.3 Å². The van der Waals surface area contributed by atoms with Crippen LogP contribution in [0.3, 0.4) is 0 Å². The van der Waals surface area contributed by atoms with E-state index in [-0.39, 0.29) is 38.6 Å². The lowest BCUT2D eigenvalue weighted by atomic mass is 10.0. The molecule has 2 unspecified atom stereocenters. The van der Waals surface area contributed by atoms with Gasteiger partial charge in [0, 0.05) is 19.4 Å². The van der Waals surface area contributed by atoms with Gasteiger partial charge in [0.1, 0.15) is 6.61 Å². The summed E-state index contributed by atoms with van der Waals surface area (Å²) in [7, 11) is -4.39. The second-order valence-electron chi connectivity index (χ2n) is 25.5. The van der Waals surface area contributed by atoms with Crippen LogP contribution in [0.4, 0.5) is 0 Å². The number of phosphoric acid groups is 1. The van der Waals surface area contributed by atoms with E-state index in [0.717, 1.165) is 38.5 Å². The SMILES string of the molecule is CCCCCCC/C=C\C/C=C\CCCCCCCCCCCCCCCCCCCCCCCCCCCC(=O)OC(COC(=O)CCCCCCCCCCCCCCCCC/C=C\CCCCCCCCCC)COP(=O)(O)OCCN. The fourth-order valence-electron chi connectivity index (χ4n) is 11.4. The van der Waals surface area contributed by atoms with E-state index < -0.39 is 26.5 Å². The summed E-state index contributed by atoms with van der Waals surface area (Å²) in [5, 5.41) is 0. The van der Waals surface area contributed by atoms with Crippen LogP contribution in [0.1, 0.15) is 399 Å². The Morgan fingerprint density at radius 2 is 0.612 bits per heavy atom. The first-order valence-electron chi connectivity index (χ1n) is 37.5. The van der Waals surface area contributed by atoms with Crippen molar-refractivity contribution in [3.63, 3.8) is 0 Å². The van der Waals surface area contributed by atoms with Crippen molar-refractivity contribution in [2.45, 2.75) is 405 Å². The molecule has 0 aliphatic rings. The van der Waals surface area contributed by atoms with Gasteiger partial charge in [0.2, 0.25) is 0 Å². The molecule has 85 heavy (non-hydrogen) atoms. The van der Waals surface area contributed by atoms with Gasteiger partial charge in [-0.1, -0.05) is 352 Å². The van der Waals surface area contributed by atoms with Crippen molar-refractivity contribution >= 4 is 19.8 Å². The fourth-order valence-corrected chi connectivity index (χ4v) is 12.2. The molecular formula is C75H144NO8P. The number of unbranched alkanes of at least 4 members (excludes halogenated alkanes) is 53. The number of hydrogen-bond acceptors (Lipinski definition) is 8. The molecule has 0 aromatic rings. The van der Waals surface area contributed by atoms with Crippen LogP contribution in [-0.4, -0.2) is 49.3 Å². The van der Waals surface area contributed by atoms with E-state index in [1.807, 2.05) is 0 Å². The van der Waals surface area contributed by atoms with Crippen molar-refractivity contribution in [2.75, 3.05) is 26.4 Å². The highest BCUT2D eigenvalue weighted by Crippen LogP contribution is 2.43. The predicted molar refractivity (Wildman–Crippen MR) is 367 cm³/mol. The molecule has 0 spiro atoms. The third-order valence-electron chi connectivity index (χ3n) is 17.0. The molecule has 9 nitrogen and oxygen atoms in total. The lowest BCUT2D eigenvalue weighted by molar-refractivity contribution is -0.161. The zero-order valence-corrected chi connectivity index (χ0v) is 57.5. The van der Waals surface area contributed by atoms with E-state index in [2.05, 4.69) is 50.3 Å². The number of phosphoric ester groups is 1. The van der Waals surface area contributed by atoms with Crippen molar-refractivity contribution in [1.29, 1.82) is 0 Å². The van der Waals surface area contributed by atoms with Crippen molar-refractivity contribution in [2.24, 2.45) is 5.73 Å². The minimum atomic E-state index is -4.39. The Morgan fingerprint density at radius 1 is 0.353 bits per heavy atom. The number of rotatable bonds is 72. The summed E-state index contributed by atoms with van der Waals surface area (Å²) in [6, 6.07) is 0. The van der Waals surface area contributed by atoms with Crippen LogP contribution in [0.5, 0.6) is 0 Å². The van der Waals surface area contributed by atoms with Crippen LogP contribution in [-0.2, 0) is 32.7 Å². The van der Waals surface area contributed by atoms with Crippen LogP contribution >= 0.6 is 7.82 Å². The molecule has 0 aromatic heterocycles. The average molecular weight is 1220 g/mol. The quantitative estimate of drug-likeness (QED) is 0.0264. The largest absolute Gasteiger partial charge is 0.472 e. The van der Waals surface area contributed by atoms with E-state index in [9.17, 15) is 19.0 Å². The summed E-state index contributed by atoms with van der Waals surface area (Å²) in [5.41, 5.74) is 5.41. The van der Waals surface area contributed by atoms with Gasteiger partial charge in [0.25, 0.3) is 0 Å². The van der Waals surface area contributed by atoms with Gasteiger partial charge in [0.15, 0.2) is 6.10 Å². The van der Waals surface area contributed by atoms with Crippen molar-refractivity contribution < 1.29 is 37.6 Å². The summed E-state index contributed by atoms with van der Waals surface area (Å²) in [5.74, 6) is -0.803. The van der Waals surface area contributed by atoms with Crippen LogP contribution < -0.4 is 5.73 Å². The summed E-state index contributed by atoms with van der Waals surface area (Å²) in [4.78, 5) is 35.4. The van der Waals surface area contributed by atoms with Gasteiger partial charge in [-0.2, -0.15) is 0 Å². The second kappa shape index (κ2) is 71.3. The smallest absolute Gasteiger partial charge is 0.462 e. The molecule has 0 saturated heterocycles. The molecule has 0 heterocycles. The van der Waals surface area contributed by atoms with Gasteiger partial charge in [0.05, 0.1) is 13.2 Å². The Hall–Kier alpha value is -1.77. The molecular weight excluding hydrogens is 1070 g/mol. The fraction of sp³-hybridized carbons (Fsp3) is 0.893. The minimum Gasteiger partial charge on any atom is -0.462 e. The third-order valence-corrected chi connectivity index (χ3v) is 18.0. The van der Waals surface area contributed by atoms with Crippen LogP contribution in [0, 0.1) is 0 Å². The zero-order chi connectivity index (χ0) is 61.6. The Kier molecular flexibility index (Phi) is 69.8. The Balaban J connectivity index is 3.77. The number of carbonyl (C=O) groups excluding carboxylic acids is 2. The van der Waals surface area contributed by atoms with Gasteiger partial charge in [-0.05, 0) is 70.6 Å². The average Bonchev–Trinajstić information content (AvgIpc) is 3.52. The molecule has 2 atom stereocenters. The van der Waals surface area contributed by atoms with Crippen molar-refractivity contribution in [3.05, 3.63) is 36.5 Å². The lowest BCUT2D eigenvalue weighted by Gasteiger charge is -2.19. The summed E-state index contributed by atoms with van der Waals surface area (Å²) in [6.07, 6.45) is 89.8.